The van der Waals surface area contributed by atoms with E-state index in [4.69, 9.17) is 4.74 Å². The second-order valence-corrected chi connectivity index (χ2v) is 3.60. The minimum absolute atomic E-state index is 0.136. The van der Waals surface area contributed by atoms with Crippen LogP contribution in [0.3, 0.4) is 0 Å². The van der Waals surface area contributed by atoms with Crippen LogP contribution in [0.5, 0.6) is 0 Å². The summed E-state index contributed by atoms with van der Waals surface area (Å²) in [7, 11) is 1.74. The van der Waals surface area contributed by atoms with Gasteiger partial charge in [-0.3, -0.25) is 10.1 Å². The average molecular weight is 210 g/mol. The number of hydrogen-bond acceptors (Lipinski definition) is 4. The maximum absolute atomic E-state index is 11.7. The summed E-state index contributed by atoms with van der Waals surface area (Å²) in [6.07, 6.45) is 1.39. The number of aromatic nitrogens is 3. The highest BCUT2D eigenvalue weighted by atomic mass is 16.5. The number of nitrogens with one attached hydrogen (secondary N) is 1. The van der Waals surface area contributed by atoms with Crippen molar-refractivity contribution < 1.29 is 9.53 Å². The molecule has 1 aromatic rings. The molecule has 0 spiro atoms. The Bertz CT molecular complexity index is 368. The molecule has 0 unspecified atom stereocenters. The van der Waals surface area contributed by atoms with Crippen LogP contribution in [0.15, 0.2) is 0 Å². The summed E-state index contributed by atoms with van der Waals surface area (Å²) in [6, 6.07) is 0. The molecule has 1 amide bonds. The van der Waals surface area contributed by atoms with Crippen molar-refractivity contribution in [3.8, 4) is 0 Å². The first-order chi connectivity index (χ1) is 7.16. The van der Waals surface area contributed by atoms with Crippen molar-refractivity contribution in [2.75, 3.05) is 11.9 Å². The van der Waals surface area contributed by atoms with Gasteiger partial charge in [-0.1, -0.05) is 0 Å². The van der Waals surface area contributed by atoms with Gasteiger partial charge in [0, 0.05) is 13.7 Å². The fourth-order valence-electron chi connectivity index (χ4n) is 1.60. The molecule has 1 N–H and O–H groups in total. The van der Waals surface area contributed by atoms with Crippen LogP contribution >= 0.6 is 0 Å². The lowest BCUT2D eigenvalue weighted by Gasteiger charge is -2.08. The maximum atomic E-state index is 11.7. The summed E-state index contributed by atoms with van der Waals surface area (Å²) in [5.74, 6) is 0.969. The molecular weight excluding hydrogens is 196 g/mol. The molecule has 2 rings (SSSR count). The summed E-state index contributed by atoms with van der Waals surface area (Å²) >= 11 is 0. The van der Waals surface area contributed by atoms with E-state index in [-0.39, 0.29) is 12.0 Å². The summed E-state index contributed by atoms with van der Waals surface area (Å²) in [5, 5.41) is 6.74. The zero-order valence-electron chi connectivity index (χ0n) is 8.86. The number of nitrogens with zero attached hydrogens (tertiary/aromatic N) is 3. The van der Waals surface area contributed by atoms with Gasteiger partial charge in [-0.15, -0.1) is 0 Å². The van der Waals surface area contributed by atoms with Crippen LogP contribution < -0.4 is 5.32 Å². The monoisotopic (exact) mass is 210 g/mol. The molecule has 1 fully saturated rings. The van der Waals surface area contributed by atoms with Gasteiger partial charge < -0.3 is 4.74 Å². The number of ether oxygens (including phenoxy) is 1. The van der Waals surface area contributed by atoms with Crippen molar-refractivity contribution in [2.24, 2.45) is 7.05 Å². The first kappa shape index (κ1) is 10.1. The Hall–Kier alpha value is -1.43. The number of aryl methyl sites for hydroxylation is 2. The zero-order valence-corrected chi connectivity index (χ0v) is 8.86. The third kappa shape index (κ3) is 2.15. The van der Waals surface area contributed by atoms with Gasteiger partial charge in [0.15, 0.2) is 0 Å². The Balaban J connectivity index is 2.01. The Morgan fingerprint density at radius 1 is 1.67 bits per heavy atom. The highest BCUT2D eigenvalue weighted by Gasteiger charge is 2.24. The van der Waals surface area contributed by atoms with E-state index in [1.807, 2.05) is 0 Å². The van der Waals surface area contributed by atoms with Crippen LogP contribution in [0.25, 0.3) is 0 Å². The second kappa shape index (κ2) is 3.98. The molecule has 0 radical (unpaired) electrons. The van der Waals surface area contributed by atoms with E-state index in [2.05, 4.69) is 15.4 Å². The second-order valence-electron chi connectivity index (χ2n) is 3.60. The van der Waals surface area contributed by atoms with Crippen LogP contribution in [0.1, 0.15) is 18.7 Å². The maximum Gasteiger partial charge on any atom is 0.255 e. The van der Waals surface area contributed by atoms with Gasteiger partial charge in [-0.05, 0) is 19.8 Å². The minimum atomic E-state index is -0.331. The largest absolute Gasteiger partial charge is 0.368 e. The lowest BCUT2D eigenvalue weighted by Crippen LogP contribution is -2.28. The molecule has 2 heterocycles. The van der Waals surface area contributed by atoms with Crippen molar-refractivity contribution >= 4 is 11.9 Å². The quantitative estimate of drug-likeness (QED) is 0.759. The number of hydrogen-bond donors (Lipinski definition) is 1. The molecule has 1 aromatic heterocycles. The topological polar surface area (TPSA) is 69.0 Å². The van der Waals surface area contributed by atoms with E-state index in [0.717, 1.165) is 12.8 Å². The first-order valence-electron chi connectivity index (χ1n) is 4.97. The fraction of sp³-hybridized carbons (Fsp3) is 0.667. The third-order valence-electron chi connectivity index (χ3n) is 2.33. The van der Waals surface area contributed by atoms with Crippen molar-refractivity contribution in [2.45, 2.75) is 25.9 Å². The summed E-state index contributed by atoms with van der Waals surface area (Å²) < 4.78 is 6.81. The Labute approximate surface area is 87.6 Å². The number of carbonyl (C=O) groups is 1. The predicted molar refractivity (Wildman–Crippen MR) is 53.3 cm³/mol. The van der Waals surface area contributed by atoms with Gasteiger partial charge in [-0.2, -0.15) is 10.1 Å². The summed E-state index contributed by atoms with van der Waals surface area (Å²) in [5.41, 5.74) is 0. The van der Waals surface area contributed by atoms with Crippen molar-refractivity contribution in [3.05, 3.63) is 5.82 Å². The molecule has 0 bridgehead atoms. The van der Waals surface area contributed by atoms with Crippen molar-refractivity contribution in [1.82, 2.24) is 14.8 Å². The van der Waals surface area contributed by atoms with Crippen LogP contribution in [0, 0.1) is 6.92 Å². The molecule has 1 aliphatic rings. The lowest BCUT2D eigenvalue weighted by molar-refractivity contribution is -0.124. The smallest absolute Gasteiger partial charge is 0.255 e. The third-order valence-corrected chi connectivity index (χ3v) is 2.33. The van der Waals surface area contributed by atoms with E-state index in [1.165, 1.54) is 0 Å². The van der Waals surface area contributed by atoms with E-state index >= 15 is 0 Å². The highest BCUT2D eigenvalue weighted by Crippen LogP contribution is 2.13. The molecule has 0 aliphatic carbocycles. The standard InChI is InChI=1S/C9H14N4O2/c1-6-10-9(13(2)12-6)11-8(14)7-4-3-5-15-7/h7H,3-5H2,1-2H3,(H,10,11,12,14)/t7-/m0/s1. The van der Waals surface area contributed by atoms with Gasteiger partial charge in [0.1, 0.15) is 11.9 Å². The summed E-state index contributed by atoms with van der Waals surface area (Å²) in [6.45, 7) is 2.44. The van der Waals surface area contributed by atoms with Gasteiger partial charge >= 0.3 is 0 Å². The molecular formula is C9H14N4O2. The van der Waals surface area contributed by atoms with Crippen molar-refractivity contribution in [1.29, 1.82) is 0 Å². The minimum Gasteiger partial charge on any atom is -0.368 e. The fourth-order valence-corrected chi connectivity index (χ4v) is 1.60. The molecule has 82 valence electrons. The van der Waals surface area contributed by atoms with E-state index in [0.29, 0.717) is 18.4 Å². The van der Waals surface area contributed by atoms with Gasteiger partial charge in [0.2, 0.25) is 5.95 Å². The number of carbonyl (C=O) groups excluding carboxylic acids is 1. The normalized spacial score (nSPS) is 20.5. The first-order valence-corrected chi connectivity index (χ1v) is 4.97. The summed E-state index contributed by atoms with van der Waals surface area (Å²) in [4.78, 5) is 15.7. The van der Waals surface area contributed by atoms with Crippen LogP contribution in [0.4, 0.5) is 5.95 Å². The molecule has 0 aromatic carbocycles. The predicted octanol–water partition coefficient (Wildman–Crippen LogP) is 0.241. The van der Waals surface area contributed by atoms with E-state index in [9.17, 15) is 4.79 Å². The zero-order chi connectivity index (χ0) is 10.8. The Morgan fingerprint density at radius 3 is 3.00 bits per heavy atom. The number of amides is 1. The molecule has 1 aliphatic heterocycles. The van der Waals surface area contributed by atoms with Gasteiger partial charge in [-0.25, -0.2) is 4.68 Å². The molecule has 1 atom stereocenters. The van der Waals surface area contributed by atoms with Crippen molar-refractivity contribution in [3.63, 3.8) is 0 Å². The van der Waals surface area contributed by atoms with E-state index in [1.54, 1.807) is 18.7 Å². The SMILES string of the molecule is Cc1nc(NC(=O)[C@@H]2CCCO2)n(C)n1. The van der Waals surface area contributed by atoms with Crippen LogP contribution in [0.2, 0.25) is 0 Å². The number of rotatable bonds is 2. The van der Waals surface area contributed by atoms with Gasteiger partial charge in [0.05, 0.1) is 0 Å². The molecule has 6 nitrogen and oxygen atoms in total. The molecule has 15 heavy (non-hydrogen) atoms. The van der Waals surface area contributed by atoms with Gasteiger partial charge in [0.25, 0.3) is 5.91 Å². The number of anilines is 1. The Morgan fingerprint density at radius 2 is 2.47 bits per heavy atom. The average Bonchev–Trinajstić information content (AvgIpc) is 2.76. The Kier molecular flexibility index (Phi) is 2.68. The molecule has 6 heteroatoms. The lowest BCUT2D eigenvalue weighted by atomic mass is 10.2. The van der Waals surface area contributed by atoms with Crippen LogP contribution in [-0.4, -0.2) is 33.4 Å². The molecule has 0 saturated carbocycles. The molecule has 1 saturated heterocycles. The van der Waals surface area contributed by atoms with E-state index < -0.39 is 0 Å². The highest BCUT2D eigenvalue weighted by molar-refractivity contribution is 5.92. The van der Waals surface area contributed by atoms with Crippen LogP contribution in [-0.2, 0) is 16.6 Å².